The molecule has 2 heteroatoms. The van der Waals surface area contributed by atoms with Crippen molar-refractivity contribution in [2.24, 2.45) is 5.41 Å². The number of hydrogen-bond acceptors (Lipinski definition) is 2. The minimum Gasteiger partial charge on any atom is -0.307 e. The molecule has 2 unspecified atom stereocenters. The van der Waals surface area contributed by atoms with Crippen molar-refractivity contribution in [1.82, 2.24) is 5.32 Å². The maximum Gasteiger partial charge on any atom is 0.0388 e. The molecule has 0 spiro atoms. The highest BCUT2D eigenvalue weighted by Gasteiger charge is 2.31. The molecule has 1 heterocycles. The molecule has 0 aromatic carbocycles. The first-order chi connectivity index (χ1) is 7.46. The summed E-state index contributed by atoms with van der Waals surface area (Å²) in [6.45, 7) is 9.24. The molecule has 0 saturated heterocycles. The predicted octanol–water partition coefficient (Wildman–Crippen LogP) is 4.29. The topological polar surface area (TPSA) is 12.0 Å². The van der Waals surface area contributed by atoms with E-state index in [2.05, 4.69) is 45.1 Å². The Bertz CT molecular complexity index is 353. The summed E-state index contributed by atoms with van der Waals surface area (Å²) >= 11 is 1.92. The molecule has 1 saturated carbocycles. The lowest BCUT2D eigenvalue weighted by Gasteiger charge is -2.21. The van der Waals surface area contributed by atoms with Crippen LogP contribution in [0.2, 0.25) is 0 Å². The Morgan fingerprint density at radius 1 is 1.44 bits per heavy atom. The molecular formula is C14H23NS. The highest BCUT2D eigenvalue weighted by Crippen LogP contribution is 2.38. The molecule has 0 bridgehead atoms. The highest BCUT2D eigenvalue weighted by atomic mass is 32.1. The molecule has 0 amide bonds. The SMILES string of the molecule is Cc1ccc(C(C)NC2CCC(C)(C)C2)s1. The molecule has 1 aliphatic carbocycles. The third-order valence-corrected chi connectivity index (χ3v) is 4.83. The van der Waals surface area contributed by atoms with E-state index in [1.807, 2.05) is 11.3 Å². The number of thiophene rings is 1. The highest BCUT2D eigenvalue weighted by molar-refractivity contribution is 7.12. The van der Waals surface area contributed by atoms with Gasteiger partial charge in [-0.25, -0.2) is 0 Å². The zero-order valence-electron chi connectivity index (χ0n) is 10.8. The quantitative estimate of drug-likeness (QED) is 0.827. The van der Waals surface area contributed by atoms with Crippen LogP contribution in [0.1, 0.15) is 55.8 Å². The van der Waals surface area contributed by atoms with Crippen LogP contribution in [0, 0.1) is 12.3 Å². The van der Waals surface area contributed by atoms with E-state index < -0.39 is 0 Å². The smallest absolute Gasteiger partial charge is 0.0388 e. The van der Waals surface area contributed by atoms with Crippen LogP contribution in [0.15, 0.2) is 12.1 Å². The monoisotopic (exact) mass is 237 g/mol. The maximum absolute atomic E-state index is 3.77. The summed E-state index contributed by atoms with van der Waals surface area (Å²) in [5, 5.41) is 3.77. The number of hydrogen-bond donors (Lipinski definition) is 1. The Labute approximate surface area is 103 Å². The van der Waals surface area contributed by atoms with Gasteiger partial charge in [-0.1, -0.05) is 13.8 Å². The van der Waals surface area contributed by atoms with Gasteiger partial charge in [-0.3, -0.25) is 0 Å². The van der Waals surface area contributed by atoms with Crippen molar-refractivity contribution < 1.29 is 0 Å². The standard InChI is InChI=1S/C14H23NS/c1-10-5-6-13(16-10)11(2)15-12-7-8-14(3,4)9-12/h5-6,11-12,15H,7-9H2,1-4H3. The summed E-state index contributed by atoms with van der Waals surface area (Å²) in [5.74, 6) is 0. The number of aryl methyl sites for hydroxylation is 1. The van der Waals surface area contributed by atoms with Crippen molar-refractivity contribution in [1.29, 1.82) is 0 Å². The maximum atomic E-state index is 3.77. The second kappa shape index (κ2) is 4.50. The Kier molecular flexibility index (Phi) is 3.41. The van der Waals surface area contributed by atoms with Crippen LogP contribution in [-0.4, -0.2) is 6.04 Å². The van der Waals surface area contributed by atoms with Gasteiger partial charge in [-0.05, 0) is 50.7 Å². The third kappa shape index (κ3) is 2.86. The van der Waals surface area contributed by atoms with E-state index in [0.717, 1.165) is 0 Å². The largest absolute Gasteiger partial charge is 0.307 e. The minimum atomic E-state index is 0.512. The average molecular weight is 237 g/mol. The van der Waals surface area contributed by atoms with Crippen molar-refractivity contribution in [2.45, 2.75) is 59.0 Å². The van der Waals surface area contributed by atoms with Crippen molar-refractivity contribution in [3.63, 3.8) is 0 Å². The molecule has 1 nitrogen and oxygen atoms in total. The van der Waals surface area contributed by atoms with Crippen LogP contribution in [-0.2, 0) is 0 Å². The van der Waals surface area contributed by atoms with Gasteiger partial charge in [-0.15, -0.1) is 11.3 Å². The molecule has 2 atom stereocenters. The van der Waals surface area contributed by atoms with Gasteiger partial charge in [0.2, 0.25) is 0 Å². The third-order valence-electron chi connectivity index (χ3n) is 3.64. The van der Waals surface area contributed by atoms with Crippen molar-refractivity contribution in [3.8, 4) is 0 Å². The van der Waals surface area contributed by atoms with E-state index in [0.29, 0.717) is 17.5 Å². The van der Waals surface area contributed by atoms with Gasteiger partial charge in [-0.2, -0.15) is 0 Å². The van der Waals surface area contributed by atoms with Gasteiger partial charge in [0.15, 0.2) is 0 Å². The minimum absolute atomic E-state index is 0.512. The van der Waals surface area contributed by atoms with Crippen LogP contribution in [0.5, 0.6) is 0 Å². The fourth-order valence-corrected chi connectivity index (χ4v) is 3.59. The fraction of sp³-hybridized carbons (Fsp3) is 0.714. The first kappa shape index (κ1) is 12.1. The van der Waals surface area contributed by atoms with E-state index in [1.165, 1.54) is 29.0 Å². The first-order valence-corrected chi connectivity index (χ1v) is 7.10. The number of rotatable bonds is 3. The first-order valence-electron chi connectivity index (χ1n) is 6.29. The molecule has 1 aromatic rings. The molecule has 1 aromatic heterocycles. The molecule has 16 heavy (non-hydrogen) atoms. The van der Waals surface area contributed by atoms with Crippen molar-refractivity contribution >= 4 is 11.3 Å². The second-order valence-corrected chi connectivity index (χ2v) is 7.26. The normalized spacial score (nSPS) is 25.9. The van der Waals surface area contributed by atoms with E-state index in [1.54, 1.807) is 0 Å². The Morgan fingerprint density at radius 2 is 2.19 bits per heavy atom. The summed E-state index contributed by atoms with van der Waals surface area (Å²) in [6.07, 6.45) is 4.02. The lowest BCUT2D eigenvalue weighted by Crippen LogP contribution is -2.29. The summed E-state index contributed by atoms with van der Waals surface area (Å²) in [7, 11) is 0. The van der Waals surface area contributed by atoms with E-state index in [9.17, 15) is 0 Å². The van der Waals surface area contributed by atoms with E-state index >= 15 is 0 Å². The van der Waals surface area contributed by atoms with Crippen molar-refractivity contribution in [2.75, 3.05) is 0 Å². The van der Waals surface area contributed by atoms with Gasteiger partial charge in [0.05, 0.1) is 0 Å². The van der Waals surface area contributed by atoms with Crippen LogP contribution < -0.4 is 5.32 Å². The average Bonchev–Trinajstić information content (AvgIpc) is 2.73. The molecular weight excluding hydrogens is 214 g/mol. The molecule has 1 N–H and O–H groups in total. The van der Waals surface area contributed by atoms with E-state index in [-0.39, 0.29) is 0 Å². The van der Waals surface area contributed by atoms with E-state index in [4.69, 9.17) is 0 Å². The summed E-state index contributed by atoms with van der Waals surface area (Å²) in [5.41, 5.74) is 0.544. The van der Waals surface area contributed by atoms with Crippen LogP contribution >= 0.6 is 11.3 Å². The van der Waals surface area contributed by atoms with Crippen molar-refractivity contribution in [3.05, 3.63) is 21.9 Å². The zero-order valence-corrected chi connectivity index (χ0v) is 11.7. The van der Waals surface area contributed by atoms with Gasteiger partial charge >= 0.3 is 0 Å². The zero-order chi connectivity index (χ0) is 11.8. The summed E-state index contributed by atoms with van der Waals surface area (Å²) in [6, 6.07) is 5.71. The molecule has 0 aliphatic heterocycles. The summed E-state index contributed by atoms with van der Waals surface area (Å²) in [4.78, 5) is 2.89. The second-order valence-electron chi connectivity index (χ2n) is 5.94. The molecule has 90 valence electrons. The Hall–Kier alpha value is -0.340. The van der Waals surface area contributed by atoms with Crippen LogP contribution in [0.3, 0.4) is 0 Å². The van der Waals surface area contributed by atoms with Gasteiger partial charge in [0.25, 0.3) is 0 Å². The fourth-order valence-electron chi connectivity index (χ4n) is 2.70. The van der Waals surface area contributed by atoms with Crippen LogP contribution in [0.4, 0.5) is 0 Å². The Balaban J connectivity index is 1.91. The Morgan fingerprint density at radius 3 is 2.69 bits per heavy atom. The van der Waals surface area contributed by atoms with Gasteiger partial charge in [0, 0.05) is 21.8 Å². The van der Waals surface area contributed by atoms with Crippen LogP contribution in [0.25, 0.3) is 0 Å². The van der Waals surface area contributed by atoms with Gasteiger partial charge in [0.1, 0.15) is 0 Å². The predicted molar refractivity (Wildman–Crippen MR) is 72.0 cm³/mol. The number of nitrogens with one attached hydrogen (secondary N) is 1. The molecule has 2 rings (SSSR count). The molecule has 1 fully saturated rings. The lowest BCUT2D eigenvalue weighted by atomic mass is 9.92. The van der Waals surface area contributed by atoms with Gasteiger partial charge < -0.3 is 5.32 Å². The summed E-state index contributed by atoms with van der Waals surface area (Å²) < 4.78 is 0. The molecule has 0 radical (unpaired) electrons. The molecule has 1 aliphatic rings. The lowest BCUT2D eigenvalue weighted by molar-refractivity contribution is 0.357.